The van der Waals surface area contributed by atoms with Crippen LogP contribution in [-0.2, 0) is 11.0 Å². The summed E-state index contributed by atoms with van der Waals surface area (Å²) in [5.41, 5.74) is 5.26. The highest BCUT2D eigenvalue weighted by molar-refractivity contribution is 5.99. The van der Waals surface area contributed by atoms with E-state index in [0.29, 0.717) is 18.7 Å². The number of nitrogens with zero attached hydrogens (tertiary/aromatic N) is 1. The van der Waals surface area contributed by atoms with Gasteiger partial charge in [0.2, 0.25) is 5.91 Å². The van der Waals surface area contributed by atoms with Gasteiger partial charge in [-0.3, -0.25) is 4.79 Å². The van der Waals surface area contributed by atoms with E-state index in [1.54, 1.807) is 0 Å². The highest BCUT2D eigenvalue weighted by atomic mass is 19.4. The van der Waals surface area contributed by atoms with Gasteiger partial charge < -0.3 is 10.6 Å². The molecule has 0 bridgehead atoms. The van der Waals surface area contributed by atoms with Gasteiger partial charge in [0.15, 0.2) is 0 Å². The molecule has 0 aromatic heterocycles. The summed E-state index contributed by atoms with van der Waals surface area (Å²) in [7, 11) is 0. The fraction of sp³-hybridized carbons (Fsp3) is 0.364. The fourth-order valence-corrected chi connectivity index (χ4v) is 1.79. The Labute approximate surface area is 96.0 Å². The lowest BCUT2D eigenvalue weighted by atomic mass is 10.2. The van der Waals surface area contributed by atoms with E-state index in [1.165, 1.54) is 17.0 Å². The van der Waals surface area contributed by atoms with Gasteiger partial charge in [-0.1, -0.05) is 0 Å². The molecule has 1 aliphatic heterocycles. The molecule has 1 aromatic carbocycles. The van der Waals surface area contributed by atoms with Crippen molar-refractivity contribution in [1.82, 2.24) is 0 Å². The molecule has 1 fully saturated rings. The number of halogens is 3. The van der Waals surface area contributed by atoms with Crippen molar-refractivity contribution >= 4 is 11.6 Å². The molecule has 17 heavy (non-hydrogen) atoms. The second-order valence-corrected chi connectivity index (χ2v) is 3.93. The molecule has 92 valence electrons. The van der Waals surface area contributed by atoms with Gasteiger partial charge in [-0.2, -0.15) is 13.2 Å². The number of hydrogen-bond acceptors (Lipinski definition) is 2. The van der Waals surface area contributed by atoms with Crippen molar-refractivity contribution in [3.8, 4) is 0 Å². The smallest absolute Gasteiger partial charge is 0.320 e. The van der Waals surface area contributed by atoms with Crippen molar-refractivity contribution < 1.29 is 18.0 Å². The lowest BCUT2D eigenvalue weighted by Crippen LogP contribution is -2.33. The number of hydrogen-bond donors (Lipinski definition) is 1. The number of rotatable bonds is 1. The van der Waals surface area contributed by atoms with E-state index in [-0.39, 0.29) is 5.91 Å². The number of carbonyl (C=O) groups excluding carboxylic acids is 1. The summed E-state index contributed by atoms with van der Waals surface area (Å²) in [5.74, 6) is -0.246. The maximum Gasteiger partial charge on any atom is 0.416 e. The highest BCUT2D eigenvalue weighted by Crippen LogP contribution is 2.31. The highest BCUT2D eigenvalue weighted by Gasteiger charge is 2.32. The number of benzene rings is 1. The first kappa shape index (κ1) is 11.9. The van der Waals surface area contributed by atoms with Gasteiger partial charge in [0, 0.05) is 12.2 Å². The Morgan fingerprint density at radius 2 is 1.82 bits per heavy atom. The second-order valence-electron chi connectivity index (χ2n) is 3.93. The predicted molar refractivity (Wildman–Crippen MR) is 56.4 cm³/mol. The zero-order valence-corrected chi connectivity index (χ0v) is 8.87. The normalized spacial score (nSPS) is 21.1. The third-order valence-corrected chi connectivity index (χ3v) is 2.75. The first-order chi connectivity index (χ1) is 7.89. The van der Waals surface area contributed by atoms with E-state index < -0.39 is 17.8 Å². The van der Waals surface area contributed by atoms with Crippen LogP contribution in [0.15, 0.2) is 24.3 Å². The molecule has 6 heteroatoms. The molecule has 3 nitrogen and oxygen atoms in total. The maximum absolute atomic E-state index is 12.3. The van der Waals surface area contributed by atoms with Crippen LogP contribution < -0.4 is 10.6 Å². The van der Waals surface area contributed by atoms with Gasteiger partial charge in [0.25, 0.3) is 0 Å². The quantitative estimate of drug-likeness (QED) is 0.818. The predicted octanol–water partition coefficient (Wildman–Crippen LogP) is 1.77. The molecule has 1 amide bonds. The lowest BCUT2D eigenvalue weighted by Gasteiger charge is -2.16. The van der Waals surface area contributed by atoms with Crippen LogP contribution in [-0.4, -0.2) is 18.5 Å². The van der Waals surface area contributed by atoms with E-state index in [4.69, 9.17) is 5.73 Å². The molecule has 1 aliphatic rings. The molecule has 0 unspecified atom stereocenters. The van der Waals surface area contributed by atoms with E-state index in [9.17, 15) is 18.0 Å². The Morgan fingerprint density at radius 1 is 1.24 bits per heavy atom. The summed E-state index contributed by atoms with van der Waals surface area (Å²) < 4.78 is 37.0. The van der Waals surface area contributed by atoms with Gasteiger partial charge in [-0.05, 0) is 30.7 Å². The molecule has 1 saturated heterocycles. The van der Waals surface area contributed by atoms with Crippen molar-refractivity contribution in [2.45, 2.75) is 18.6 Å². The van der Waals surface area contributed by atoms with Crippen LogP contribution in [0.5, 0.6) is 0 Å². The van der Waals surface area contributed by atoms with E-state index in [0.717, 1.165) is 12.1 Å². The first-order valence-electron chi connectivity index (χ1n) is 5.14. The SMILES string of the molecule is N[C@@H]1CCN(c2ccc(C(F)(F)F)cc2)C1=O. The summed E-state index contributed by atoms with van der Waals surface area (Å²) in [4.78, 5) is 13.0. The number of alkyl halides is 3. The molecule has 2 rings (SSSR count). The van der Waals surface area contributed by atoms with Gasteiger partial charge in [0.05, 0.1) is 11.6 Å². The summed E-state index contributed by atoms with van der Waals surface area (Å²) in [5, 5.41) is 0. The zero-order valence-electron chi connectivity index (χ0n) is 8.87. The van der Waals surface area contributed by atoms with Crippen LogP contribution in [0.2, 0.25) is 0 Å². The first-order valence-corrected chi connectivity index (χ1v) is 5.14. The third kappa shape index (κ3) is 2.26. The fourth-order valence-electron chi connectivity index (χ4n) is 1.79. The third-order valence-electron chi connectivity index (χ3n) is 2.75. The molecular formula is C11H11F3N2O. The second kappa shape index (κ2) is 4.03. The lowest BCUT2D eigenvalue weighted by molar-refractivity contribution is -0.137. The molecular weight excluding hydrogens is 233 g/mol. The van der Waals surface area contributed by atoms with Crippen LogP contribution in [0.25, 0.3) is 0 Å². The summed E-state index contributed by atoms with van der Waals surface area (Å²) in [6, 6.07) is 3.97. The average molecular weight is 244 g/mol. The molecule has 1 atom stereocenters. The van der Waals surface area contributed by atoms with Crippen LogP contribution in [0.1, 0.15) is 12.0 Å². The number of amides is 1. The largest absolute Gasteiger partial charge is 0.416 e. The van der Waals surface area contributed by atoms with Gasteiger partial charge in [0.1, 0.15) is 0 Å². The van der Waals surface area contributed by atoms with Gasteiger partial charge in [-0.25, -0.2) is 0 Å². The molecule has 1 aromatic rings. The van der Waals surface area contributed by atoms with Crippen LogP contribution >= 0.6 is 0 Å². The Hall–Kier alpha value is -1.56. The molecule has 0 radical (unpaired) electrons. The van der Waals surface area contributed by atoms with E-state index in [1.807, 2.05) is 0 Å². The topological polar surface area (TPSA) is 46.3 Å². The van der Waals surface area contributed by atoms with E-state index >= 15 is 0 Å². The molecule has 0 spiro atoms. The van der Waals surface area contributed by atoms with Gasteiger partial charge >= 0.3 is 6.18 Å². The van der Waals surface area contributed by atoms with Crippen LogP contribution in [0.3, 0.4) is 0 Å². The Morgan fingerprint density at radius 3 is 2.24 bits per heavy atom. The molecule has 2 N–H and O–H groups in total. The van der Waals surface area contributed by atoms with Crippen molar-refractivity contribution in [3.05, 3.63) is 29.8 Å². The van der Waals surface area contributed by atoms with Gasteiger partial charge in [-0.15, -0.1) is 0 Å². The summed E-state index contributed by atoms with van der Waals surface area (Å²) in [6.45, 7) is 0.450. The summed E-state index contributed by atoms with van der Waals surface area (Å²) in [6.07, 6.45) is -3.83. The maximum atomic E-state index is 12.3. The average Bonchev–Trinajstić information content (AvgIpc) is 2.59. The summed E-state index contributed by atoms with van der Waals surface area (Å²) >= 11 is 0. The minimum Gasteiger partial charge on any atom is -0.320 e. The van der Waals surface area contributed by atoms with Crippen molar-refractivity contribution in [3.63, 3.8) is 0 Å². The molecule has 1 heterocycles. The van der Waals surface area contributed by atoms with Crippen molar-refractivity contribution in [2.75, 3.05) is 11.4 Å². The van der Waals surface area contributed by atoms with Crippen molar-refractivity contribution in [1.29, 1.82) is 0 Å². The Balaban J connectivity index is 2.22. The Bertz CT molecular complexity index is 427. The monoisotopic (exact) mass is 244 g/mol. The van der Waals surface area contributed by atoms with Crippen LogP contribution in [0.4, 0.5) is 18.9 Å². The molecule has 0 aliphatic carbocycles. The zero-order chi connectivity index (χ0) is 12.6. The standard InChI is InChI=1S/C11H11F3N2O/c12-11(13,14)7-1-3-8(4-2-7)16-6-5-9(15)10(16)17/h1-4,9H,5-6,15H2/t9-/m1/s1. The minimum atomic E-state index is -4.36. The van der Waals surface area contributed by atoms with Crippen molar-refractivity contribution in [2.24, 2.45) is 5.73 Å². The minimum absolute atomic E-state index is 0.246. The number of carbonyl (C=O) groups is 1. The Kier molecular flexibility index (Phi) is 2.82. The molecule has 0 saturated carbocycles. The van der Waals surface area contributed by atoms with E-state index in [2.05, 4.69) is 0 Å². The number of anilines is 1. The van der Waals surface area contributed by atoms with Crippen LogP contribution in [0, 0.1) is 0 Å². The number of nitrogens with two attached hydrogens (primary N) is 1.